The van der Waals surface area contributed by atoms with E-state index in [1.807, 2.05) is 49.9 Å². The van der Waals surface area contributed by atoms with Gasteiger partial charge in [-0.15, -0.1) is 0 Å². The third kappa shape index (κ3) is 6.46. The number of hydrogen-bond acceptors (Lipinski definition) is 4. The highest BCUT2D eigenvalue weighted by atomic mass is 16.2. The first-order valence-corrected chi connectivity index (χ1v) is 10.1. The van der Waals surface area contributed by atoms with Crippen molar-refractivity contribution in [3.63, 3.8) is 0 Å². The second-order valence-electron chi connectivity index (χ2n) is 8.42. The maximum absolute atomic E-state index is 13.3. The molecule has 3 rings (SSSR count). The largest absolute Gasteiger partial charge is 0.373 e. The lowest BCUT2D eigenvalue weighted by Gasteiger charge is -2.30. The van der Waals surface area contributed by atoms with Crippen molar-refractivity contribution in [2.75, 3.05) is 4.90 Å². The fourth-order valence-corrected chi connectivity index (χ4v) is 3.31. The number of nitrogens with zero attached hydrogens (tertiary/aromatic N) is 2. The minimum atomic E-state index is -0.485. The van der Waals surface area contributed by atoms with Crippen LogP contribution in [0.4, 0.5) is 5.69 Å². The summed E-state index contributed by atoms with van der Waals surface area (Å²) in [6.07, 6.45) is 2.02. The molecule has 1 amide bonds. The lowest BCUT2D eigenvalue weighted by Crippen LogP contribution is -2.39. The normalized spacial score (nSPS) is 10.5. The van der Waals surface area contributed by atoms with Crippen LogP contribution in [0, 0.1) is 19.3 Å². The molecule has 0 spiro atoms. The number of aryl methyl sites for hydroxylation is 2. The quantitative estimate of drug-likeness (QED) is 0.574. The Labute approximate surface area is 183 Å². The van der Waals surface area contributed by atoms with Crippen molar-refractivity contribution in [1.82, 2.24) is 4.98 Å². The Balaban J connectivity index is 0.00000107. The van der Waals surface area contributed by atoms with Gasteiger partial charge in [-0.05, 0) is 60.4 Å². The van der Waals surface area contributed by atoms with Crippen LogP contribution in [0.15, 0.2) is 66.9 Å². The summed E-state index contributed by atoms with van der Waals surface area (Å²) in [6, 6.07) is 20.5. The average Bonchev–Trinajstić information content (AvgIpc) is 2.72. The Morgan fingerprint density at radius 2 is 1.61 bits per heavy atom. The molecule has 0 N–H and O–H groups in total. The van der Waals surface area contributed by atoms with Crippen molar-refractivity contribution < 1.29 is 14.4 Å². The van der Waals surface area contributed by atoms with Crippen LogP contribution in [0.25, 0.3) is 11.1 Å². The summed E-state index contributed by atoms with van der Waals surface area (Å²) in [7, 11) is 0. The fourth-order valence-electron chi connectivity index (χ4n) is 3.31. The molecule has 1 heterocycles. The van der Waals surface area contributed by atoms with E-state index in [2.05, 4.69) is 55.2 Å². The van der Waals surface area contributed by atoms with Gasteiger partial charge in [0.15, 0.2) is 0 Å². The highest BCUT2D eigenvalue weighted by Gasteiger charge is 2.29. The van der Waals surface area contributed by atoms with Crippen LogP contribution < -0.4 is 4.90 Å². The Morgan fingerprint density at radius 3 is 2.19 bits per heavy atom. The number of carbonyl (C=O) groups excluding carboxylic acids is 3. The Bertz CT molecular complexity index is 1060. The topological polar surface area (TPSA) is 67.3 Å². The number of amides is 1. The molecule has 5 heteroatoms. The molecule has 2 aromatic carbocycles. The summed E-state index contributed by atoms with van der Waals surface area (Å²) in [4.78, 5) is 35.8. The van der Waals surface area contributed by atoms with Gasteiger partial charge in [-0.3, -0.25) is 9.78 Å². The third-order valence-electron chi connectivity index (χ3n) is 4.76. The molecular formula is C26H28N2O3. The zero-order chi connectivity index (χ0) is 23.0. The first kappa shape index (κ1) is 23.7. The number of aromatic nitrogens is 1. The van der Waals surface area contributed by atoms with Gasteiger partial charge in [0.25, 0.3) is 0 Å². The average molecular weight is 417 g/mol. The van der Waals surface area contributed by atoms with Crippen molar-refractivity contribution >= 4 is 17.7 Å². The van der Waals surface area contributed by atoms with Crippen molar-refractivity contribution in [2.45, 2.75) is 41.2 Å². The minimum Gasteiger partial charge on any atom is -0.306 e. The van der Waals surface area contributed by atoms with Gasteiger partial charge < -0.3 is 4.90 Å². The summed E-state index contributed by atoms with van der Waals surface area (Å²) in [5, 5.41) is 0. The number of pyridine rings is 1. The van der Waals surface area contributed by atoms with E-state index in [-0.39, 0.29) is 12.1 Å². The highest BCUT2D eigenvalue weighted by molar-refractivity contribution is 5.97. The molecular weight excluding hydrogens is 388 g/mol. The molecule has 5 nitrogen and oxygen atoms in total. The Kier molecular flexibility index (Phi) is 8.00. The lowest BCUT2D eigenvalue weighted by atomic mass is 9.93. The van der Waals surface area contributed by atoms with E-state index in [0.717, 1.165) is 22.5 Å². The van der Waals surface area contributed by atoms with Crippen molar-refractivity contribution in [1.29, 1.82) is 0 Å². The molecule has 0 atom stereocenters. The van der Waals surface area contributed by atoms with E-state index in [0.29, 0.717) is 6.54 Å². The van der Waals surface area contributed by atoms with Crippen LogP contribution in [0.1, 0.15) is 37.6 Å². The fraction of sp³-hybridized carbons (Fsp3) is 0.269. The predicted octanol–water partition coefficient (Wildman–Crippen LogP) is 5.36. The van der Waals surface area contributed by atoms with Gasteiger partial charge in [-0.25, -0.2) is 0 Å². The summed E-state index contributed by atoms with van der Waals surface area (Å²) < 4.78 is 0. The van der Waals surface area contributed by atoms with Gasteiger partial charge in [0.1, 0.15) is 0 Å². The third-order valence-corrected chi connectivity index (χ3v) is 4.76. The summed E-state index contributed by atoms with van der Waals surface area (Å²) in [6.45, 7) is 10.5. The lowest BCUT2D eigenvalue weighted by molar-refractivity contribution is -0.191. The van der Waals surface area contributed by atoms with Crippen molar-refractivity contribution in [3.8, 4) is 11.1 Å². The summed E-state index contributed by atoms with van der Waals surface area (Å²) in [5.74, 6) is 0.0829. The summed E-state index contributed by atoms with van der Waals surface area (Å²) in [5.41, 5.74) is 5.96. The number of rotatable bonds is 4. The van der Waals surface area contributed by atoms with E-state index < -0.39 is 5.41 Å². The first-order chi connectivity index (χ1) is 14.7. The van der Waals surface area contributed by atoms with Crippen LogP contribution >= 0.6 is 0 Å². The second kappa shape index (κ2) is 10.5. The maximum atomic E-state index is 13.3. The Morgan fingerprint density at radius 1 is 0.968 bits per heavy atom. The van der Waals surface area contributed by atoms with E-state index in [9.17, 15) is 4.79 Å². The smallest absolute Gasteiger partial charge is 0.306 e. The molecule has 0 aliphatic rings. The molecule has 1 aromatic heterocycles. The molecule has 0 saturated heterocycles. The molecule has 0 aliphatic carbocycles. The molecule has 0 unspecified atom stereocenters. The molecule has 0 saturated carbocycles. The Hall–Kier alpha value is -3.56. The van der Waals surface area contributed by atoms with Gasteiger partial charge in [-0.1, -0.05) is 57.2 Å². The number of carbonyl (C=O) groups is 1. The molecule has 31 heavy (non-hydrogen) atoms. The molecule has 0 bridgehead atoms. The van der Waals surface area contributed by atoms with E-state index in [1.165, 1.54) is 11.1 Å². The van der Waals surface area contributed by atoms with Crippen LogP contribution in [0.3, 0.4) is 0 Å². The van der Waals surface area contributed by atoms with E-state index >= 15 is 0 Å². The highest BCUT2D eigenvalue weighted by Crippen LogP contribution is 2.31. The van der Waals surface area contributed by atoms with E-state index in [1.54, 1.807) is 6.20 Å². The molecule has 0 radical (unpaired) electrons. The summed E-state index contributed by atoms with van der Waals surface area (Å²) >= 11 is 0. The molecule has 0 fully saturated rings. The number of hydrogen-bond donors (Lipinski definition) is 0. The van der Waals surface area contributed by atoms with E-state index in [4.69, 9.17) is 9.59 Å². The first-order valence-electron chi connectivity index (χ1n) is 10.1. The SMILES string of the molecule is Cc1cc(-c2ccccc2C)cc(N(Cc2ccccn2)C(=O)C(C)(C)C)c1.O=C=O. The van der Waals surface area contributed by atoms with Crippen molar-refractivity contribution in [2.24, 2.45) is 5.41 Å². The zero-order valence-corrected chi connectivity index (χ0v) is 18.7. The number of benzene rings is 2. The molecule has 160 valence electrons. The van der Waals surface area contributed by atoms with Gasteiger partial charge in [-0.2, -0.15) is 9.59 Å². The maximum Gasteiger partial charge on any atom is 0.373 e. The minimum absolute atomic E-state index is 0.0829. The molecule has 3 aromatic rings. The van der Waals surface area contributed by atoms with Crippen LogP contribution in [0.2, 0.25) is 0 Å². The van der Waals surface area contributed by atoms with Crippen molar-refractivity contribution in [3.05, 3.63) is 83.7 Å². The van der Waals surface area contributed by atoms with Crippen LogP contribution in [0.5, 0.6) is 0 Å². The predicted molar refractivity (Wildman–Crippen MR) is 121 cm³/mol. The standard InChI is InChI=1S/C25H28N2O.CO2/c1-18-14-20(23-12-7-6-10-19(23)2)16-22(15-18)27(24(28)25(3,4)5)17-21-11-8-9-13-26-21;2-1-3/h6-16H,17H2,1-5H3;. The van der Waals surface area contributed by atoms with Gasteiger partial charge in [0.2, 0.25) is 5.91 Å². The second-order valence-corrected chi connectivity index (χ2v) is 8.42. The number of anilines is 1. The monoisotopic (exact) mass is 416 g/mol. The van der Waals surface area contributed by atoms with Gasteiger partial charge in [0.05, 0.1) is 12.2 Å². The van der Waals surface area contributed by atoms with Crippen LogP contribution in [-0.4, -0.2) is 17.0 Å². The van der Waals surface area contributed by atoms with Gasteiger partial charge in [0, 0.05) is 17.3 Å². The van der Waals surface area contributed by atoms with Crippen LogP contribution in [-0.2, 0) is 20.9 Å². The zero-order valence-electron chi connectivity index (χ0n) is 18.7. The molecule has 0 aliphatic heterocycles. The van der Waals surface area contributed by atoms with Gasteiger partial charge >= 0.3 is 6.15 Å².